The largest absolute Gasteiger partial charge is 0.327 e. The van der Waals surface area contributed by atoms with Crippen molar-refractivity contribution in [2.75, 3.05) is 6.67 Å². The van der Waals surface area contributed by atoms with Gasteiger partial charge in [-0.1, -0.05) is 6.07 Å². The molecule has 0 radical (unpaired) electrons. The van der Waals surface area contributed by atoms with Crippen LogP contribution in [0.25, 0.3) is 22.3 Å². The summed E-state index contributed by atoms with van der Waals surface area (Å²) in [4.78, 5) is 17.9. The second-order valence-electron chi connectivity index (χ2n) is 6.02. The van der Waals surface area contributed by atoms with Gasteiger partial charge in [0.1, 0.15) is 24.3 Å². The lowest BCUT2D eigenvalue weighted by molar-refractivity contribution is 0.726. The van der Waals surface area contributed by atoms with Crippen LogP contribution in [0.15, 0.2) is 29.4 Å². The molecule has 8 heteroatoms. The number of hydrogen-bond acceptors (Lipinski definition) is 7. The summed E-state index contributed by atoms with van der Waals surface area (Å²) in [5.74, 6) is 1.84. The molecule has 25 heavy (non-hydrogen) atoms. The van der Waals surface area contributed by atoms with Gasteiger partial charge in [0.05, 0.1) is 22.9 Å². The molecule has 8 nitrogen and oxygen atoms in total. The minimum Gasteiger partial charge on any atom is -0.327 e. The van der Waals surface area contributed by atoms with E-state index >= 15 is 0 Å². The summed E-state index contributed by atoms with van der Waals surface area (Å²) >= 11 is 0. The topological polar surface area (TPSA) is 104 Å². The number of amidine groups is 1. The number of rotatable bonds is 2. The van der Waals surface area contributed by atoms with Crippen LogP contribution < -0.4 is 10.9 Å². The number of nitriles is 1. The number of hydrogen-bond donors (Lipinski definition) is 2. The van der Waals surface area contributed by atoms with E-state index in [1.54, 1.807) is 0 Å². The highest BCUT2D eigenvalue weighted by molar-refractivity contribution is 6.03. The van der Waals surface area contributed by atoms with Gasteiger partial charge in [0.2, 0.25) is 0 Å². The zero-order valence-electron chi connectivity index (χ0n) is 13.3. The van der Waals surface area contributed by atoms with Crippen molar-refractivity contribution >= 4 is 16.9 Å². The van der Waals surface area contributed by atoms with Crippen molar-refractivity contribution in [3.05, 3.63) is 41.6 Å². The zero-order valence-corrected chi connectivity index (χ0v) is 13.3. The van der Waals surface area contributed by atoms with Gasteiger partial charge in [-0.05, 0) is 18.6 Å². The van der Waals surface area contributed by atoms with Gasteiger partial charge >= 0.3 is 0 Å². The number of fused-ring (bicyclic) bond motifs is 2. The van der Waals surface area contributed by atoms with Crippen LogP contribution in [0.3, 0.4) is 0 Å². The van der Waals surface area contributed by atoms with Crippen molar-refractivity contribution in [2.24, 2.45) is 4.99 Å². The Hall–Kier alpha value is -3.31. The Kier molecular flexibility index (Phi) is 3.02. The lowest BCUT2D eigenvalue weighted by atomic mass is 10.1. The molecule has 0 atom stereocenters. The van der Waals surface area contributed by atoms with Gasteiger partial charge in [-0.15, -0.1) is 0 Å². The quantitative estimate of drug-likeness (QED) is 0.730. The molecule has 2 N–H and O–H groups in total. The average molecular weight is 330 g/mol. The lowest BCUT2D eigenvalue weighted by Crippen LogP contribution is -2.30. The molecule has 0 bridgehead atoms. The standard InChI is InChI=1S/C17H14N8/c18-7-11-8-19-12-4-3-10(6-13(12)22-11)16-15(17-20-9-21-24-17)23-14-2-1-5-25(14)16/h3-4,6,8,21H,1-2,5,9H2,(H,20,24). The van der Waals surface area contributed by atoms with Crippen molar-refractivity contribution in [1.82, 2.24) is 30.4 Å². The van der Waals surface area contributed by atoms with Crippen molar-refractivity contribution in [3.8, 4) is 17.3 Å². The Morgan fingerprint density at radius 2 is 2.16 bits per heavy atom. The number of hydrazine groups is 1. The lowest BCUT2D eigenvalue weighted by Gasteiger charge is -2.09. The fourth-order valence-electron chi connectivity index (χ4n) is 3.41. The smallest absolute Gasteiger partial charge is 0.165 e. The van der Waals surface area contributed by atoms with Gasteiger partial charge in [0.15, 0.2) is 11.5 Å². The van der Waals surface area contributed by atoms with Crippen LogP contribution >= 0.6 is 0 Å². The molecule has 0 fully saturated rings. The van der Waals surface area contributed by atoms with Gasteiger partial charge in [0.25, 0.3) is 0 Å². The van der Waals surface area contributed by atoms with Crippen LogP contribution in [0.4, 0.5) is 0 Å². The van der Waals surface area contributed by atoms with E-state index in [-0.39, 0.29) is 0 Å². The van der Waals surface area contributed by atoms with E-state index in [0.717, 1.165) is 53.5 Å². The van der Waals surface area contributed by atoms with Gasteiger partial charge < -0.3 is 9.99 Å². The monoisotopic (exact) mass is 330 g/mol. The van der Waals surface area contributed by atoms with Crippen LogP contribution in [0.5, 0.6) is 0 Å². The van der Waals surface area contributed by atoms with Crippen LogP contribution in [-0.4, -0.2) is 32.0 Å². The Morgan fingerprint density at radius 3 is 3.00 bits per heavy atom. The fraction of sp³-hybridized carbons (Fsp3) is 0.235. The van der Waals surface area contributed by atoms with E-state index in [9.17, 15) is 0 Å². The number of aromatic nitrogens is 4. The second kappa shape index (κ2) is 5.36. The maximum Gasteiger partial charge on any atom is 0.165 e. The van der Waals surface area contributed by atoms with Crippen molar-refractivity contribution < 1.29 is 0 Å². The molecule has 0 saturated heterocycles. The average Bonchev–Trinajstić information content (AvgIpc) is 3.36. The SMILES string of the molecule is N#Cc1cnc2ccc(-c3c(C4=NCNN4)nc4n3CCC4)cc2n1. The summed E-state index contributed by atoms with van der Waals surface area (Å²) in [6.45, 7) is 1.48. The Balaban J connectivity index is 1.73. The third-order valence-electron chi connectivity index (χ3n) is 4.51. The molecule has 3 aromatic rings. The summed E-state index contributed by atoms with van der Waals surface area (Å²) in [6.07, 6.45) is 3.56. The van der Waals surface area contributed by atoms with Crippen LogP contribution in [0, 0.1) is 11.3 Å². The highest BCUT2D eigenvalue weighted by Gasteiger charge is 2.26. The summed E-state index contributed by atoms with van der Waals surface area (Å²) in [5.41, 5.74) is 10.8. The summed E-state index contributed by atoms with van der Waals surface area (Å²) < 4.78 is 2.25. The number of aliphatic imine (C=N–C) groups is 1. The van der Waals surface area contributed by atoms with E-state index in [1.165, 1.54) is 6.20 Å². The maximum absolute atomic E-state index is 9.07. The van der Waals surface area contributed by atoms with E-state index in [2.05, 4.69) is 30.4 Å². The Bertz CT molecular complexity index is 1070. The Labute approximate surface area is 143 Å². The molecule has 2 aliphatic rings. The first-order valence-electron chi connectivity index (χ1n) is 8.14. The molecule has 0 spiro atoms. The summed E-state index contributed by atoms with van der Waals surface area (Å²) in [5, 5.41) is 9.07. The maximum atomic E-state index is 9.07. The van der Waals surface area contributed by atoms with Crippen molar-refractivity contribution in [1.29, 1.82) is 5.26 Å². The molecule has 0 amide bonds. The van der Waals surface area contributed by atoms with Crippen molar-refractivity contribution in [2.45, 2.75) is 19.4 Å². The highest BCUT2D eigenvalue weighted by Crippen LogP contribution is 2.31. The molecule has 4 heterocycles. The highest BCUT2D eigenvalue weighted by atomic mass is 15.5. The minimum atomic E-state index is 0.314. The zero-order chi connectivity index (χ0) is 16.8. The van der Waals surface area contributed by atoms with Gasteiger partial charge in [-0.3, -0.25) is 4.98 Å². The third kappa shape index (κ3) is 2.17. The summed E-state index contributed by atoms with van der Waals surface area (Å²) in [6, 6.07) is 7.97. The van der Waals surface area contributed by atoms with Gasteiger partial charge in [-0.25, -0.2) is 20.4 Å². The first-order valence-corrected chi connectivity index (χ1v) is 8.14. The molecule has 1 aromatic carbocycles. The molecule has 2 aromatic heterocycles. The minimum absolute atomic E-state index is 0.314. The number of imidazole rings is 1. The predicted molar refractivity (Wildman–Crippen MR) is 91.5 cm³/mol. The van der Waals surface area contributed by atoms with E-state index in [0.29, 0.717) is 17.9 Å². The normalized spacial score (nSPS) is 15.7. The molecule has 0 aliphatic carbocycles. The van der Waals surface area contributed by atoms with Crippen LogP contribution in [0.1, 0.15) is 23.6 Å². The molecule has 2 aliphatic heterocycles. The molecule has 5 rings (SSSR count). The number of nitrogens with one attached hydrogen (secondary N) is 2. The first kappa shape index (κ1) is 14.1. The van der Waals surface area contributed by atoms with E-state index in [4.69, 9.17) is 10.2 Å². The predicted octanol–water partition coefficient (Wildman–Crippen LogP) is 1.12. The van der Waals surface area contributed by atoms with E-state index in [1.807, 2.05) is 24.3 Å². The number of nitrogens with zero attached hydrogens (tertiary/aromatic N) is 6. The first-order chi connectivity index (χ1) is 12.3. The van der Waals surface area contributed by atoms with Gasteiger partial charge in [-0.2, -0.15) is 5.26 Å². The fourth-order valence-corrected chi connectivity index (χ4v) is 3.41. The number of aryl methyl sites for hydroxylation is 1. The van der Waals surface area contributed by atoms with E-state index < -0.39 is 0 Å². The Morgan fingerprint density at radius 1 is 1.20 bits per heavy atom. The second-order valence-corrected chi connectivity index (χ2v) is 6.02. The van der Waals surface area contributed by atoms with Crippen molar-refractivity contribution in [3.63, 3.8) is 0 Å². The third-order valence-corrected chi connectivity index (χ3v) is 4.51. The van der Waals surface area contributed by atoms with Gasteiger partial charge in [0, 0.05) is 18.5 Å². The van der Waals surface area contributed by atoms with Crippen LogP contribution in [-0.2, 0) is 13.0 Å². The molecular weight excluding hydrogens is 316 g/mol. The molecule has 0 saturated carbocycles. The summed E-state index contributed by atoms with van der Waals surface area (Å²) in [7, 11) is 0. The molecule has 0 unspecified atom stereocenters. The van der Waals surface area contributed by atoms with Crippen LogP contribution in [0.2, 0.25) is 0 Å². The molecule has 122 valence electrons. The molecular formula is C17H14N8. The number of benzene rings is 1.